The van der Waals surface area contributed by atoms with Gasteiger partial charge in [-0.3, -0.25) is 14.5 Å². The minimum atomic E-state index is -0.420. The van der Waals surface area contributed by atoms with Gasteiger partial charge in [-0.25, -0.2) is 4.39 Å². The van der Waals surface area contributed by atoms with Crippen LogP contribution in [0.4, 0.5) is 10.1 Å². The highest BCUT2D eigenvalue weighted by Crippen LogP contribution is 2.35. The molecule has 1 saturated heterocycles. The van der Waals surface area contributed by atoms with Gasteiger partial charge in [0, 0.05) is 48.5 Å². The molecule has 0 spiro atoms. The Hall–Kier alpha value is -3.51. The van der Waals surface area contributed by atoms with Crippen molar-refractivity contribution < 1.29 is 14.0 Å². The lowest BCUT2D eigenvalue weighted by atomic mass is 10.1. The third-order valence-electron chi connectivity index (χ3n) is 6.65. The first-order valence-corrected chi connectivity index (χ1v) is 11.3. The van der Waals surface area contributed by atoms with Crippen molar-refractivity contribution in [2.45, 2.75) is 31.5 Å². The molecule has 0 aliphatic carbocycles. The molecule has 168 valence electrons. The zero-order chi connectivity index (χ0) is 22.8. The van der Waals surface area contributed by atoms with Crippen LogP contribution in [0.25, 0.3) is 0 Å². The average Bonchev–Trinajstić information content (AvgIpc) is 3.14. The first kappa shape index (κ1) is 21.3. The maximum absolute atomic E-state index is 13.5. The monoisotopic (exact) mass is 443 g/mol. The van der Waals surface area contributed by atoms with Crippen LogP contribution in [-0.4, -0.2) is 41.9 Å². The maximum Gasteiger partial charge on any atom is 0.258 e. The van der Waals surface area contributed by atoms with Crippen LogP contribution in [0.1, 0.15) is 39.1 Å². The summed E-state index contributed by atoms with van der Waals surface area (Å²) in [6, 6.07) is 23.6. The van der Waals surface area contributed by atoms with Crippen molar-refractivity contribution in [3.05, 3.63) is 101 Å². The minimum Gasteiger partial charge on any atom is -0.350 e. The molecule has 2 atom stereocenters. The molecule has 33 heavy (non-hydrogen) atoms. The molecular weight excluding hydrogens is 417 g/mol. The smallest absolute Gasteiger partial charge is 0.258 e. The lowest BCUT2D eigenvalue weighted by Crippen LogP contribution is -2.45. The topological polar surface area (TPSA) is 52.7 Å². The van der Waals surface area contributed by atoms with Crippen molar-refractivity contribution in [2.24, 2.45) is 0 Å². The number of hydrogen-bond acceptors (Lipinski definition) is 3. The van der Waals surface area contributed by atoms with Gasteiger partial charge in [0.25, 0.3) is 11.8 Å². The second kappa shape index (κ2) is 9.16. The molecule has 1 N–H and O–H groups in total. The van der Waals surface area contributed by atoms with Crippen molar-refractivity contribution in [3.63, 3.8) is 0 Å². The van der Waals surface area contributed by atoms with E-state index < -0.39 is 5.82 Å². The molecule has 2 heterocycles. The summed E-state index contributed by atoms with van der Waals surface area (Å²) >= 11 is 0. The lowest BCUT2D eigenvalue weighted by Gasteiger charge is -2.29. The van der Waals surface area contributed by atoms with Crippen LogP contribution in [0.2, 0.25) is 0 Å². The number of amides is 2. The Morgan fingerprint density at radius 1 is 0.909 bits per heavy atom. The average molecular weight is 444 g/mol. The fourth-order valence-corrected chi connectivity index (χ4v) is 4.97. The first-order valence-electron chi connectivity index (χ1n) is 11.3. The summed E-state index contributed by atoms with van der Waals surface area (Å²) in [6.07, 6.45) is 1.89. The molecule has 6 heteroatoms. The maximum atomic E-state index is 13.5. The Labute approximate surface area is 192 Å². The van der Waals surface area contributed by atoms with Crippen molar-refractivity contribution >= 4 is 17.5 Å². The summed E-state index contributed by atoms with van der Waals surface area (Å²) in [5.74, 6) is -0.683. The third kappa shape index (κ3) is 4.39. The van der Waals surface area contributed by atoms with Crippen molar-refractivity contribution in [2.75, 3.05) is 18.0 Å². The zero-order valence-electron chi connectivity index (χ0n) is 18.3. The second-order valence-electron chi connectivity index (χ2n) is 8.69. The number of carbonyl (C=O) groups excluding carboxylic acids is 2. The van der Waals surface area contributed by atoms with Crippen LogP contribution in [0.3, 0.4) is 0 Å². The second-order valence-corrected chi connectivity index (χ2v) is 8.69. The minimum absolute atomic E-state index is 0.00718. The summed E-state index contributed by atoms with van der Waals surface area (Å²) in [5.41, 5.74) is 3.05. The van der Waals surface area contributed by atoms with Gasteiger partial charge in [0.15, 0.2) is 0 Å². The number of benzene rings is 3. The van der Waals surface area contributed by atoms with E-state index in [1.54, 1.807) is 12.1 Å². The van der Waals surface area contributed by atoms with Gasteiger partial charge in [-0.15, -0.1) is 0 Å². The molecule has 2 aliphatic rings. The number of nitrogens with one attached hydrogen (secondary N) is 1. The summed E-state index contributed by atoms with van der Waals surface area (Å²) in [5, 5.41) is 2.98. The molecule has 0 aromatic heterocycles. The molecule has 5 nitrogen and oxygen atoms in total. The normalized spacial score (nSPS) is 20.0. The number of hydrogen-bond donors (Lipinski definition) is 1. The van der Waals surface area contributed by atoms with Gasteiger partial charge in [0.2, 0.25) is 0 Å². The van der Waals surface area contributed by atoms with E-state index >= 15 is 0 Å². The molecule has 2 amide bonds. The van der Waals surface area contributed by atoms with E-state index in [4.69, 9.17) is 0 Å². The van der Waals surface area contributed by atoms with Gasteiger partial charge in [-0.2, -0.15) is 0 Å². The molecule has 0 saturated carbocycles. The molecule has 0 radical (unpaired) electrons. The van der Waals surface area contributed by atoms with Gasteiger partial charge in [-0.1, -0.05) is 42.5 Å². The first-order chi connectivity index (χ1) is 16.1. The SMILES string of the molecule is O=C(NC[C@@H]1CC[C@@H]2CN(C(=O)c3ccccc3)c3ccccc3CN21)c1cccc(F)c1. The van der Waals surface area contributed by atoms with Crippen LogP contribution in [0, 0.1) is 5.82 Å². The van der Waals surface area contributed by atoms with E-state index in [1.807, 2.05) is 53.4 Å². The summed E-state index contributed by atoms with van der Waals surface area (Å²) in [6.45, 7) is 1.82. The number of anilines is 1. The number of carbonyl (C=O) groups is 2. The van der Waals surface area contributed by atoms with Gasteiger partial charge < -0.3 is 10.2 Å². The lowest BCUT2D eigenvalue weighted by molar-refractivity contribution is 0.0933. The molecule has 2 aliphatic heterocycles. The van der Waals surface area contributed by atoms with Crippen LogP contribution in [0.15, 0.2) is 78.9 Å². The van der Waals surface area contributed by atoms with Gasteiger partial charge in [0.05, 0.1) is 0 Å². The van der Waals surface area contributed by atoms with Gasteiger partial charge in [0.1, 0.15) is 5.82 Å². The number of fused-ring (bicyclic) bond motifs is 2. The van der Waals surface area contributed by atoms with E-state index in [0.29, 0.717) is 24.2 Å². The molecule has 3 aromatic rings. The largest absolute Gasteiger partial charge is 0.350 e. The molecular formula is C27H26FN3O2. The van der Waals surface area contributed by atoms with Crippen LogP contribution < -0.4 is 10.2 Å². The Bertz CT molecular complexity index is 1170. The van der Waals surface area contributed by atoms with E-state index in [-0.39, 0.29) is 23.9 Å². The fraction of sp³-hybridized carbons (Fsp3) is 0.259. The number of para-hydroxylation sites is 1. The Morgan fingerprint density at radius 3 is 2.48 bits per heavy atom. The Balaban J connectivity index is 1.35. The number of rotatable bonds is 4. The molecule has 0 bridgehead atoms. The van der Waals surface area contributed by atoms with E-state index in [9.17, 15) is 14.0 Å². The number of halogens is 1. The summed E-state index contributed by atoms with van der Waals surface area (Å²) in [7, 11) is 0. The summed E-state index contributed by atoms with van der Waals surface area (Å²) in [4.78, 5) is 30.2. The molecule has 0 unspecified atom stereocenters. The van der Waals surface area contributed by atoms with E-state index in [0.717, 1.165) is 30.6 Å². The highest BCUT2D eigenvalue weighted by Gasteiger charge is 2.39. The van der Waals surface area contributed by atoms with Crippen molar-refractivity contribution in [1.29, 1.82) is 0 Å². The van der Waals surface area contributed by atoms with Crippen molar-refractivity contribution in [1.82, 2.24) is 10.2 Å². The van der Waals surface area contributed by atoms with Gasteiger partial charge >= 0.3 is 0 Å². The Morgan fingerprint density at radius 2 is 1.67 bits per heavy atom. The van der Waals surface area contributed by atoms with Crippen molar-refractivity contribution in [3.8, 4) is 0 Å². The zero-order valence-corrected chi connectivity index (χ0v) is 18.3. The standard InChI is InChI=1S/C27H26FN3O2/c28-22-11-6-10-20(15-22)26(32)29-16-23-13-14-24-18-31(27(33)19-7-2-1-3-8-19)25-12-5-4-9-21(25)17-30(23)24/h1-12,15,23-24H,13-14,16-18H2,(H,29,32)/t23-,24+/m0/s1. The van der Waals surface area contributed by atoms with E-state index in [2.05, 4.69) is 16.3 Å². The Kier molecular flexibility index (Phi) is 5.92. The number of nitrogens with zero attached hydrogens (tertiary/aromatic N) is 2. The highest BCUT2D eigenvalue weighted by atomic mass is 19.1. The van der Waals surface area contributed by atoms with E-state index in [1.165, 1.54) is 12.1 Å². The predicted molar refractivity (Wildman–Crippen MR) is 126 cm³/mol. The fourth-order valence-electron chi connectivity index (χ4n) is 4.97. The summed E-state index contributed by atoms with van der Waals surface area (Å²) < 4.78 is 13.5. The predicted octanol–water partition coefficient (Wildman–Crippen LogP) is 4.25. The molecule has 1 fully saturated rings. The van der Waals surface area contributed by atoms with Crippen LogP contribution >= 0.6 is 0 Å². The highest BCUT2D eigenvalue weighted by molar-refractivity contribution is 6.06. The van der Waals surface area contributed by atoms with Crippen LogP contribution in [0.5, 0.6) is 0 Å². The third-order valence-corrected chi connectivity index (χ3v) is 6.65. The molecule has 5 rings (SSSR count). The molecule has 3 aromatic carbocycles. The quantitative estimate of drug-likeness (QED) is 0.656. The van der Waals surface area contributed by atoms with Crippen LogP contribution in [-0.2, 0) is 6.54 Å². The van der Waals surface area contributed by atoms with Gasteiger partial charge in [-0.05, 0) is 54.8 Å².